The molecule has 0 aliphatic carbocycles. The second-order valence-corrected chi connectivity index (χ2v) is 4.62. The predicted molar refractivity (Wildman–Crippen MR) is 67.5 cm³/mol. The summed E-state index contributed by atoms with van der Waals surface area (Å²) < 4.78 is 5.57. The van der Waals surface area contributed by atoms with Gasteiger partial charge in [-0.05, 0) is 13.0 Å². The average molecular weight is 254 g/mol. The molecule has 1 amide bonds. The fourth-order valence-electron chi connectivity index (χ4n) is 2.02. The van der Waals surface area contributed by atoms with E-state index in [1.165, 1.54) is 5.56 Å². The van der Waals surface area contributed by atoms with Crippen LogP contribution in [0.2, 0.25) is 0 Å². The predicted octanol–water partition coefficient (Wildman–Crippen LogP) is 2.56. The summed E-state index contributed by atoms with van der Waals surface area (Å²) >= 11 is 5.55. The Morgan fingerprint density at radius 1 is 1.59 bits per heavy atom. The number of ether oxygens (including phenoxy) is 1. The third-order valence-electron chi connectivity index (χ3n) is 2.86. The van der Waals surface area contributed by atoms with Gasteiger partial charge in [0.1, 0.15) is 5.75 Å². The minimum Gasteiger partial charge on any atom is -0.493 e. The van der Waals surface area contributed by atoms with E-state index < -0.39 is 0 Å². The number of hydrogen-bond donors (Lipinski definition) is 1. The lowest BCUT2D eigenvalue weighted by atomic mass is 9.98. The van der Waals surface area contributed by atoms with Crippen LogP contribution in [0.4, 0.5) is 0 Å². The van der Waals surface area contributed by atoms with Gasteiger partial charge in [-0.25, -0.2) is 0 Å². The second-order valence-electron chi connectivity index (χ2n) is 4.24. The molecule has 0 saturated carbocycles. The molecule has 0 radical (unpaired) electrons. The fourth-order valence-corrected chi connectivity index (χ4v) is 2.19. The molecule has 4 heteroatoms. The van der Waals surface area contributed by atoms with Crippen LogP contribution in [0.15, 0.2) is 18.2 Å². The monoisotopic (exact) mass is 253 g/mol. The summed E-state index contributed by atoms with van der Waals surface area (Å²) in [7, 11) is 0. The second kappa shape index (κ2) is 5.41. The van der Waals surface area contributed by atoms with Gasteiger partial charge in [0.25, 0.3) is 0 Å². The van der Waals surface area contributed by atoms with Gasteiger partial charge >= 0.3 is 0 Å². The van der Waals surface area contributed by atoms with E-state index in [1.54, 1.807) is 0 Å². The third kappa shape index (κ3) is 2.91. The molecule has 17 heavy (non-hydrogen) atoms. The molecule has 3 nitrogen and oxygen atoms in total. The number of hydrogen-bond acceptors (Lipinski definition) is 2. The quantitative estimate of drug-likeness (QED) is 0.841. The van der Waals surface area contributed by atoms with E-state index in [1.807, 2.05) is 19.1 Å². The average Bonchev–Trinajstić information content (AvgIpc) is 2.30. The molecule has 1 aliphatic rings. The van der Waals surface area contributed by atoms with Crippen LogP contribution in [0.3, 0.4) is 0 Å². The molecule has 1 aliphatic heterocycles. The number of aryl methyl sites for hydroxylation is 1. The van der Waals surface area contributed by atoms with Crippen molar-refractivity contribution in [2.45, 2.75) is 25.8 Å². The first-order valence-corrected chi connectivity index (χ1v) is 6.33. The zero-order valence-electron chi connectivity index (χ0n) is 9.83. The summed E-state index contributed by atoms with van der Waals surface area (Å²) in [5, 5.41) is 3.00. The van der Waals surface area contributed by atoms with E-state index in [4.69, 9.17) is 16.3 Å². The summed E-state index contributed by atoms with van der Waals surface area (Å²) in [4.78, 5) is 11.6. The van der Waals surface area contributed by atoms with E-state index in [0.717, 1.165) is 17.7 Å². The van der Waals surface area contributed by atoms with Crippen molar-refractivity contribution in [3.8, 4) is 5.75 Å². The maximum Gasteiger partial charge on any atom is 0.221 e. The highest BCUT2D eigenvalue weighted by molar-refractivity contribution is 6.18. The number of carbonyl (C=O) groups is 1. The van der Waals surface area contributed by atoms with E-state index in [9.17, 15) is 4.79 Å². The van der Waals surface area contributed by atoms with Crippen LogP contribution in [-0.2, 0) is 4.79 Å². The smallest absolute Gasteiger partial charge is 0.221 e. The van der Waals surface area contributed by atoms with Crippen LogP contribution < -0.4 is 10.1 Å². The first-order valence-electron chi connectivity index (χ1n) is 5.79. The molecule has 92 valence electrons. The molecule has 0 spiro atoms. The molecule has 0 aromatic heterocycles. The SMILES string of the molecule is Cc1ccc2c(c1)C(NC(=O)CCCl)CCO2. The minimum absolute atomic E-state index is 0.000596. The van der Waals surface area contributed by atoms with Gasteiger partial charge in [-0.3, -0.25) is 4.79 Å². The van der Waals surface area contributed by atoms with Gasteiger partial charge in [-0.1, -0.05) is 17.7 Å². The lowest BCUT2D eigenvalue weighted by Crippen LogP contribution is -2.32. The number of carbonyl (C=O) groups excluding carboxylic acids is 1. The highest BCUT2D eigenvalue weighted by atomic mass is 35.5. The topological polar surface area (TPSA) is 38.3 Å². The highest BCUT2D eigenvalue weighted by Crippen LogP contribution is 2.32. The molecule has 1 heterocycles. The number of amides is 1. The summed E-state index contributed by atoms with van der Waals surface area (Å²) in [5.41, 5.74) is 2.24. The Labute approximate surface area is 106 Å². The normalized spacial score (nSPS) is 18.1. The van der Waals surface area contributed by atoms with Gasteiger partial charge in [0.2, 0.25) is 5.91 Å². The fraction of sp³-hybridized carbons (Fsp3) is 0.462. The Balaban J connectivity index is 2.16. The number of alkyl halides is 1. The summed E-state index contributed by atoms with van der Waals surface area (Å²) in [6.45, 7) is 2.68. The minimum atomic E-state index is -0.000596. The number of fused-ring (bicyclic) bond motifs is 1. The Kier molecular flexibility index (Phi) is 3.89. The highest BCUT2D eigenvalue weighted by Gasteiger charge is 2.22. The third-order valence-corrected chi connectivity index (χ3v) is 3.05. The molecule has 1 aromatic carbocycles. The molecule has 0 fully saturated rings. The van der Waals surface area contributed by atoms with Crippen molar-refractivity contribution in [2.75, 3.05) is 12.5 Å². The van der Waals surface area contributed by atoms with E-state index in [0.29, 0.717) is 18.9 Å². The Hall–Kier alpha value is -1.22. The van der Waals surface area contributed by atoms with Gasteiger partial charge in [-0.15, -0.1) is 11.6 Å². The van der Waals surface area contributed by atoms with Crippen molar-refractivity contribution < 1.29 is 9.53 Å². The molecule has 1 unspecified atom stereocenters. The van der Waals surface area contributed by atoms with Crippen LogP contribution >= 0.6 is 11.6 Å². The van der Waals surface area contributed by atoms with Gasteiger partial charge in [0, 0.05) is 24.3 Å². The van der Waals surface area contributed by atoms with Crippen molar-refractivity contribution in [3.63, 3.8) is 0 Å². The van der Waals surface area contributed by atoms with E-state index in [-0.39, 0.29) is 11.9 Å². The largest absolute Gasteiger partial charge is 0.493 e. The Morgan fingerprint density at radius 2 is 2.41 bits per heavy atom. The van der Waals surface area contributed by atoms with Crippen LogP contribution in [0, 0.1) is 6.92 Å². The number of nitrogens with one attached hydrogen (secondary N) is 1. The zero-order valence-corrected chi connectivity index (χ0v) is 10.6. The van der Waals surface area contributed by atoms with Crippen molar-refractivity contribution in [1.29, 1.82) is 0 Å². The maximum atomic E-state index is 11.6. The van der Waals surface area contributed by atoms with E-state index in [2.05, 4.69) is 11.4 Å². The maximum absolute atomic E-state index is 11.6. The molecule has 1 aromatic rings. The number of rotatable bonds is 3. The molecular weight excluding hydrogens is 238 g/mol. The molecule has 2 rings (SSSR count). The molecule has 0 saturated heterocycles. The Bertz CT molecular complexity index is 420. The van der Waals surface area contributed by atoms with Crippen LogP contribution in [-0.4, -0.2) is 18.4 Å². The molecule has 0 bridgehead atoms. The first-order chi connectivity index (χ1) is 8.20. The standard InChI is InChI=1S/C13H16ClNO2/c1-9-2-3-12-10(8-9)11(5-7-17-12)15-13(16)4-6-14/h2-3,8,11H,4-7H2,1H3,(H,15,16). The van der Waals surface area contributed by atoms with Crippen LogP contribution in [0.5, 0.6) is 5.75 Å². The first kappa shape index (κ1) is 12.2. The van der Waals surface area contributed by atoms with Gasteiger partial charge in [0.05, 0.1) is 12.6 Å². The van der Waals surface area contributed by atoms with Gasteiger partial charge in [0.15, 0.2) is 0 Å². The van der Waals surface area contributed by atoms with Gasteiger partial charge in [-0.2, -0.15) is 0 Å². The zero-order chi connectivity index (χ0) is 12.3. The summed E-state index contributed by atoms with van der Waals surface area (Å²) in [6, 6.07) is 6.10. The number of halogens is 1. The molecule has 1 atom stereocenters. The van der Waals surface area contributed by atoms with Crippen molar-refractivity contribution in [2.24, 2.45) is 0 Å². The van der Waals surface area contributed by atoms with E-state index >= 15 is 0 Å². The molecular formula is C13H16ClNO2. The lowest BCUT2D eigenvalue weighted by molar-refractivity contribution is -0.121. The summed E-state index contributed by atoms with van der Waals surface area (Å²) in [6.07, 6.45) is 1.17. The summed E-state index contributed by atoms with van der Waals surface area (Å²) in [5.74, 6) is 1.23. The number of benzene rings is 1. The van der Waals surface area contributed by atoms with Crippen LogP contribution in [0.1, 0.15) is 30.0 Å². The van der Waals surface area contributed by atoms with Crippen molar-refractivity contribution in [3.05, 3.63) is 29.3 Å². The van der Waals surface area contributed by atoms with Crippen molar-refractivity contribution in [1.82, 2.24) is 5.32 Å². The van der Waals surface area contributed by atoms with Crippen LogP contribution in [0.25, 0.3) is 0 Å². The van der Waals surface area contributed by atoms with Gasteiger partial charge < -0.3 is 10.1 Å². The lowest BCUT2D eigenvalue weighted by Gasteiger charge is -2.27. The van der Waals surface area contributed by atoms with Crippen molar-refractivity contribution >= 4 is 17.5 Å². The molecule has 1 N–H and O–H groups in total. The Morgan fingerprint density at radius 3 is 3.18 bits per heavy atom.